The SMILES string of the molecule is COc1ccc(OC(=O)/C=C/C(=O)O[C@H]2CC[C@@]3(C)C(=CC[C@H]4[C@@H]5CC[C@H]([C@H](C)CCCC(C)C)[C@@]5(C)CC[C@@H]43)C2)cc1. The Hall–Kier alpha value is -2.56. The molecule has 0 aliphatic heterocycles. The van der Waals surface area contributed by atoms with E-state index in [-0.39, 0.29) is 11.5 Å². The van der Waals surface area contributed by atoms with Crippen molar-refractivity contribution >= 4 is 11.9 Å². The van der Waals surface area contributed by atoms with Crippen molar-refractivity contribution in [2.75, 3.05) is 7.11 Å². The molecular weight excluding hydrogens is 536 g/mol. The van der Waals surface area contributed by atoms with Gasteiger partial charge in [-0.05, 0) is 116 Å². The third kappa shape index (κ3) is 6.76. The second-order valence-corrected chi connectivity index (χ2v) is 15.0. The molecule has 3 saturated carbocycles. The van der Waals surface area contributed by atoms with E-state index in [2.05, 4.69) is 40.7 Å². The minimum atomic E-state index is -0.609. The lowest BCUT2D eigenvalue weighted by molar-refractivity contribution is -0.145. The Kier molecular flexibility index (Phi) is 9.78. The fourth-order valence-corrected chi connectivity index (χ4v) is 9.89. The molecule has 0 spiro atoms. The van der Waals surface area contributed by atoms with Crippen LogP contribution in [-0.2, 0) is 14.3 Å². The molecule has 0 bridgehead atoms. The molecule has 0 aromatic heterocycles. The molecule has 8 atom stereocenters. The zero-order valence-electron chi connectivity index (χ0n) is 27.4. The van der Waals surface area contributed by atoms with Gasteiger partial charge >= 0.3 is 11.9 Å². The summed E-state index contributed by atoms with van der Waals surface area (Å²) in [6.07, 6.45) is 18.3. The number of rotatable bonds is 10. The van der Waals surface area contributed by atoms with Crippen LogP contribution in [0, 0.1) is 46.3 Å². The van der Waals surface area contributed by atoms with E-state index in [9.17, 15) is 9.59 Å². The maximum atomic E-state index is 12.6. The molecule has 5 heteroatoms. The first-order valence-corrected chi connectivity index (χ1v) is 17.0. The second-order valence-electron chi connectivity index (χ2n) is 15.0. The van der Waals surface area contributed by atoms with E-state index >= 15 is 0 Å². The molecule has 0 amide bonds. The first-order valence-electron chi connectivity index (χ1n) is 17.0. The number of methoxy groups -OCH3 is 1. The van der Waals surface area contributed by atoms with Crippen LogP contribution in [0.2, 0.25) is 0 Å². The summed E-state index contributed by atoms with van der Waals surface area (Å²) in [5.41, 5.74) is 2.21. The van der Waals surface area contributed by atoms with Gasteiger partial charge in [-0.3, -0.25) is 0 Å². The molecule has 4 aliphatic carbocycles. The van der Waals surface area contributed by atoms with Crippen LogP contribution >= 0.6 is 0 Å². The van der Waals surface area contributed by atoms with E-state index in [1.165, 1.54) is 63.0 Å². The monoisotopic (exact) mass is 590 g/mol. The van der Waals surface area contributed by atoms with E-state index in [1.807, 2.05) is 0 Å². The highest BCUT2D eigenvalue weighted by molar-refractivity contribution is 5.92. The Morgan fingerprint density at radius 2 is 1.63 bits per heavy atom. The molecule has 0 heterocycles. The molecule has 3 fully saturated rings. The van der Waals surface area contributed by atoms with Gasteiger partial charge in [-0.15, -0.1) is 0 Å². The largest absolute Gasteiger partial charge is 0.497 e. The van der Waals surface area contributed by atoms with Crippen LogP contribution in [0.4, 0.5) is 0 Å². The molecule has 0 saturated heterocycles. The number of benzene rings is 1. The summed E-state index contributed by atoms with van der Waals surface area (Å²) in [5.74, 6) is 4.87. The predicted octanol–water partition coefficient (Wildman–Crippen LogP) is 9.11. The van der Waals surface area contributed by atoms with Gasteiger partial charge in [0.15, 0.2) is 0 Å². The number of carbonyl (C=O) groups is 2. The van der Waals surface area contributed by atoms with Crippen LogP contribution in [0.25, 0.3) is 0 Å². The normalized spacial score (nSPS) is 34.1. The van der Waals surface area contributed by atoms with Crippen molar-refractivity contribution < 1.29 is 23.8 Å². The van der Waals surface area contributed by atoms with Gasteiger partial charge < -0.3 is 14.2 Å². The van der Waals surface area contributed by atoms with E-state index < -0.39 is 11.9 Å². The third-order valence-corrected chi connectivity index (χ3v) is 12.2. The van der Waals surface area contributed by atoms with Crippen LogP contribution in [0.5, 0.6) is 11.5 Å². The second kappa shape index (κ2) is 13.2. The van der Waals surface area contributed by atoms with Crippen LogP contribution in [-0.4, -0.2) is 25.2 Å². The van der Waals surface area contributed by atoms with Crippen molar-refractivity contribution in [2.45, 2.75) is 111 Å². The van der Waals surface area contributed by atoms with Crippen molar-refractivity contribution in [3.8, 4) is 11.5 Å². The Morgan fingerprint density at radius 3 is 2.35 bits per heavy atom. The first kappa shape index (κ1) is 31.9. The highest BCUT2D eigenvalue weighted by Crippen LogP contribution is 2.67. The lowest BCUT2D eigenvalue weighted by Gasteiger charge is -2.58. The zero-order valence-corrected chi connectivity index (χ0v) is 27.4. The van der Waals surface area contributed by atoms with E-state index in [0.717, 1.165) is 60.8 Å². The average molecular weight is 591 g/mol. The van der Waals surface area contributed by atoms with Crippen LogP contribution in [0.1, 0.15) is 105 Å². The van der Waals surface area contributed by atoms with Crippen molar-refractivity contribution in [3.05, 3.63) is 48.1 Å². The third-order valence-electron chi connectivity index (χ3n) is 12.2. The Labute approximate surface area is 259 Å². The molecular formula is C38H54O5. The van der Waals surface area contributed by atoms with Gasteiger partial charge in [0.25, 0.3) is 0 Å². The molecule has 5 nitrogen and oxygen atoms in total. The summed E-state index contributed by atoms with van der Waals surface area (Å²) in [5, 5.41) is 0. The van der Waals surface area contributed by atoms with Crippen molar-refractivity contribution in [2.24, 2.45) is 46.3 Å². The minimum Gasteiger partial charge on any atom is -0.497 e. The highest BCUT2D eigenvalue weighted by Gasteiger charge is 2.59. The Morgan fingerprint density at radius 1 is 0.907 bits per heavy atom. The number of ether oxygens (including phenoxy) is 3. The topological polar surface area (TPSA) is 61.8 Å². The Bertz CT molecular complexity index is 1200. The summed E-state index contributed by atoms with van der Waals surface area (Å²) in [4.78, 5) is 24.8. The standard InChI is InChI=1S/C38H54O5/c1-25(2)8-7-9-26(3)32-16-17-33-31-15-10-27-24-30(20-22-37(27,4)34(31)21-23-38(32,33)5)43-36(40)19-18-35(39)42-29-13-11-28(41-6)12-14-29/h10-14,18-19,25-26,30-34H,7-9,15-17,20-24H2,1-6H3/b19-18+/t26-,30+,31+,32-,33+,34+,37+,38-/m1/s1. The maximum absolute atomic E-state index is 12.6. The van der Waals surface area contributed by atoms with Gasteiger partial charge in [-0.25, -0.2) is 9.59 Å². The van der Waals surface area contributed by atoms with Crippen LogP contribution in [0.15, 0.2) is 48.1 Å². The molecule has 1 aromatic rings. The zero-order chi connectivity index (χ0) is 30.8. The van der Waals surface area contributed by atoms with E-state index in [1.54, 1.807) is 31.4 Å². The van der Waals surface area contributed by atoms with Crippen molar-refractivity contribution in [1.82, 2.24) is 0 Å². The van der Waals surface area contributed by atoms with E-state index in [4.69, 9.17) is 14.2 Å². The number of fused-ring (bicyclic) bond motifs is 5. The van der Waals surface area contributed by atoms with Crippen molar-refractivity contribution in [3.63, 3.8) is 0 Å². The first-order chi connectivity index (χ1) is 20.5. The van der Waals surface area contributed by atoms with Gasteiger partial charge in [-0.1, -0.05) is 65.5 Å². The highest BCUT2D eigenvalue weighted by atomic mass is 16.5. The molecule has 5 rings (SSSR count). The minimum absolute atomic E-state index is 0.137. The van der Waals surface area contributed by atoms with Crippen LogP contribution < -0.4 is 9.47 Å². The molecule has 4 aliphatic rings. The lowest BCUT2D eigenvalue weighted by Crippen LogP contribution is -2.51. The predicted molar refractivity (Wildman–Crippen MR) is 171 cm³/mol. The lowest BCUT2D eigenvalue weighted by atomic mass is 9.47. The summed E-state index contributed by atoms with van der Waals surface area (Å²) >= 11 is 0. The molecule has 0 radical (unpaired) electrons. The van der Waals surface area contributed by atoms with Gasteiger partial charge in [0, 0.05) is 18.6 Å². The van der Waals surface area contributed by atoms with Crippen molar-refractivity contribution in [1.29, 1.82) is 0 Å². The summed E-state index contributed by atoms with van der Waals surface area (Å²) in [6, 6.07) is 6.73. The average Bonchev–Trinajstić information content (AvgIpc) is 3.34. The Balaban J connectivity index is 1.16. The van der Waals surface area contributed by atoms with Gasteiger partial charge in [0.1, 0.15) is 17.6 Å². The number of hydrogen-bond donors (Lipinski definition) is 0. The molecule has 1 aromatic carbocycles. The fourth-order valence-electron chi connectivity index (χ4n) is 9.89. The summed E-state index contributed by atoms with van der Waals surface area (Å²) in [7, 11) is 1.58. The summed E-state index contributed by atoms with van der Waals surface area (Å²) in [6.45, 7) is 12.4. The summed E-state index contributed by atoms with van der Waals surface area (Å²) < 4.78 is 16.2. The smallest absolute Gasteiger partial charge is 0.336 e. The van der Waals surface area contributed by atoms with Gasteiger partial charge in [0.05, 0.1) is 7.11 Å². The number of allylic oxidation sites excluding steroid dienone is 1. The number of carbonyl (C=O) groups excluding carboxylic acids is 2. The molecule has 43 heavy (non-hydrogen) atoms. The molecule has 236 valence electrons. The maximum Gasteiger partial charge on any atom is 0.336 e. The quantitative estimate of drug-likeness (QED) is 0.118. The molecule has 0 unspecified atom stereocenters. The van der Waals surface area contributed by atoms with Gasteiger partial charge in [0.2, 0.25) is 0 Å². The van der Waals surface area contributed by atoms with Crippen LogP contribution in [0.3, 0.4) is 0 Å². The number of hydrogen-bond acceptors (Lipinski definition) is 5. The van der Waals surface area contributed by atoms with Gasteiger partial charge in [-0.2, -0.15) is 0 Å². The molecule has 0 N–H and O–H groups in total. The number of esters is 2. The fraction of sp³-hybridized carbons (Fsp3) is 0.684. The van der Waals surface area contributed by atoms with E-state index in [0.29, 0.717) is 16.9 Å².